The smallest absolute Gasteiger partial charge is 0.342 e. The van der Waals surface area contributed by atoms with Gasteiger partial charge in [0, 0.05) is 17.9 Å². The van der Waals surface area contributed by atoms with Crippen molar-refractivity contribution in [1.29, 1.82) is 0 Å². The van der Waals surface area contributed by atoms with Gasteiger partial charge in [-0.1, -0.05) is 18.1 Å². The van der Waals surface area contributed by atoms with Crippen LogP contribution in [0, 0.1) is 24.7 Å². The molecule has 1 aromatic heterocycles. The molecule has 2 aromatic rings. The molecule has 5 nitrogen and oxygen atoms in total. The van der Waals surface area contributed by atoms with E-state index in [9.17, 15) is 9.59 Å². The van der Waals surface area contributed by atoms with E-state index in [0.717, 1.165) is 17.5 Å². The molecule has 0 aliphatic heterocycles. The number of primary amides is 1. The number of benzene rings is 1. The number of rotatable bonds is 3. The fraction of sp³-hybridized carbons (Fsp3) is 0.333. The number of hydrogen-bond acceptors (Lipinski definition) is 4. The van der Waals surface area contributed by atoms with Gasteiger partial charge in [0.2, 0.25) is 5.91 Å². The predicted molar refractivity (Wildman–Crippen MR) is 96.1 cm³/mol. The fourth-order valence-corrected chi connectivity index (χ4v) is 3.24. The molecule has 134 valence electrons. The quantitative estimate of drug-likeness (QED) is 0.680. The van der Waals surface area contributed by atoms with Crippen molar-refractivity contribution in [3.8, 4) is 11.8 Å². The minimum absolute atomic E-state index is 0.310. The number of carbonyl (C=O) groups excluding carboxylic acids is 2. The van der Waals surface area contributed by atoms with Gasteiger partial charge in [-0.05, 0) is 55.9 Å². The first-order valence-corrected chi connectivity index (χ1v) is 8.62. The van der Waals surface area contributed by atoms with E-state index in [2.05, 4.69) is 11.8 Å². The average Bonchev–Trinajstić information content (AvgIpc) is 3.15. The van der Waals surface area contributed by atoms with E-state index in [1.807, 2.05) is 31.2 Å². The Morgan fingerprint density at radius 1 is 1.35 bits per heavy atom. The van der Waals surface area contributed by atoms with E-state index in [-0.39, 0.29) is 11.8 Å². The van der Waals surface area contributed by atoms with Crippen LogP contribution in [0.15, 0.2) is 47.3 Å². The Bertz CT molecular complexity index is 860. The summed E-state index contributed by atoms with van der Waals surface area (Å²) in [6, 6.07) is 9.32. The first-order valence-electron chi connectivity index (χ1n) is 8.62. The lowest BCUT2D eigenvalue weighted by atomic mass is 9.77. The predicted octanol–water partition coefficient (Wildman–Crippen LogP) is 3.21. The molecule has 1 aliphatic rings. The topological polar surface area (TPSA) is 82.5 Å². The average molecular weight is 351 g/mol. The monoisotopic (exact) mass is 351 g/mol. The summed E-state index contributed by atoms with van der Waals surface area (Å²) in [5.74, 6) is 4.98. The summed E-state index contributed by atoms with van der Waals surface area (Å²) in [7, 11) is 0. The van der Waals surface area contributed by atoms with Gasteiger partial charge in [-0.2, -0.15) is 0 Å². The molecule has 1 aliphatic carbocycles. The number of carbonyl (C=O) groups is 2. The van der Waals surface area contributed by atoms with Crippen molar-refractivity contribution in [3.63, 3.8) is 0 Å². The number of ether oxygens (including phenoxy) is 1. The highest BCUT2D eigenvalue weighted by molar-refractivity contribution is 5.89. The number of nitrogens with two attached hydrogens (primary N) is 1. The summed E-state index contributed by atoms with van der Waals surface area (Å²) in [4.78, 5) is 24.1. The van der Waals surface area contributed by atoms with E-state index in [1.165, 1.54) is 12.5 Å². The highest BCUT2D eigenvalue weighted by atomic mass is 16.6. The summed E-state index contributed by atoms with van der Waals surface area (Å²) < 4.78 is 10.7. The second-order valence-electron chi connectivity index (χ2n) is 6.71. The zero-order valence-corrected chi connectivity index (χ0v) is 14.7. The zero-order chi connectivity index (χ0) is 18.6. The Balaban J connectivity index is 1.91. The van der Waals surface area contributed by atoms with Crippen molar-refractivity contribution in [3.05, 3.63) is 59.5 Å². The van der Waals surface area contributed by atoms with Crippen molar-refractivity contribution >= 4 is 11.9 Å². The van der Waals surface area contributed by atoms with Crippen molar-refractivity contribution in [2.75, 3.05) is 0 Å². The van der Waals surface area contributed by atoms with Gasteiger partial charge in [0.1, 0.15) is 6.26 Å². The molecule has 1 fully saturated rings. The van der Waals surface area contributed by atoms with Gasteiger partial charge in [0.05, 0.1) is 11.8 Å². The molecule has 0 unspecified atom stereocenters. The third-order valence-electron chi connectivity index (χ3n) is 4.61. The molecule has 5 heteroatoms. The first-order chi connectivity index (χ1) is 12.5. The molecule has 1 aromatic carbocycles. The van der Waals surface area contributed by atoms with Gasteiger partial charge in [-0.25, -0.2) is 4.79 Å². The molecule has 0 radical (unpaired) electrons. The molecule has 0 saturated heterocycles. The molecular weight excluding hydrogens is 330 g/mol. The summed E-state index contributed by atoms with van der Waals surface area (Å²) in [5.41, 5.74) is 6.72. The SMILES string of the molecule is Cc1cccc(C#C[C@]2(OC(=O)c3ccoc3)CCC[C@H](C(N)=O)C2)c1. The molecular formula is C21H21NO4. The summed E-state index contributed by atoms with van der Waals surface area (Å²) in [6.07, 6.45) is 5.03. The summed E-state index contributed by atoms with van der Waals surface area (Å²) in [5, 5.41) is 0. The standard InChI is InChI=1S/C21H21NO4/c1-15-4-2-5-16(12-15)7-10-21(9-3-6-17(13-21)19(22)23)26-20(24)18-8-11-25-14-18/h2,4-5,8,11-12,14,17H,3,6,9,13H2,1H3,(H2,22,23)/t17-,21+/m0/s1. The minimum Gasteiger partial charge on any atom is -0.472 e. The van der Waals surface area contributed by atoms with Crippen molar-refractivity contribution in [2.45, 2.75) is 38.2 Å². The van der Waals surface area contributed by atoms with Crippen LogP contribution in [-0.2, 0) is 9.53 Å². The van der Waals surface area contributed by atoms with Gasteiger partial charge < -0.3 is 14.9 Å². The van der Waals surface area contributed by atoms with E-state index in [0.29, 0.717) is 24.8 Å². The van der Waals surface area contributed by atoms with Crippen LogP contribution in [0.4, 0.5) is 0 Å². The second-order valence-corrected chi connectivity index (χ2v) is 6.71. The lowest BCUT2D eigenvalue weighted by Gasteiger charge is -2.35. The number of hydrogen-bond donors (Lipinski definition) is 1. The molecule has 26 heavy (non-hydrogen) atoms. The molecule has 1 saturated carbocycles. The minimum atomic E-state index is -1.03. The Hall–Kier alpha value is -3.00. The Labute approximate surface area is 152 Å². The van der Waals surface area contributed by atoms with Crippen LogP contribution < -0.4 is 5.73 Å². The van der Waals surface area contributed by atoms with Gasteiger partial charge in [0.25, 0.3) is 0 Å². The first kappa shape index (κ1) is 17.8. The van der Waals surface area contributed by atoms with Crippen LogP contribution in [-0.4, -0.2) is 17.5 Å². The van der Waals surface area contributed by atoms with Crippen molar-refractivity contribution in [2.24, 2.45) is 11.7 Å². The maximum absolute atomic E-state index is 12.5. The highest BCUT2D eigenvalue weighted by Gasteiger charge is 2.40. The molecule has 0 bridgehead atoms. The molecule has 3 rings (SSSR count). The highest BCUT2D eigenvalue weighted by Crippen LogP contribution is 2.36. The maximum Gasteiger partial charge on any atom is 0.342 e. The molecule has 2 atom stereocenters. The van der Waals surface area contributed by atoms with Gasteiger partial charge in [-0.3, -0.25) is 4.79 Å². The van der Waals surface area contributed by atoms with Crippen LogP contribution in [0.3, 0.4) is 0 Å². The Morgan fingerprint density at radius 3 is 2.88 bits per heavy atom. The lowest BCUT2D eigenvalue weighted by molar-refractivity contribution is -0.125. The summed E-state index contributed by atoms with van der Waals surface area (Å²) >= 11 is 0. The number of esters is 1. The van der Waals surface area contributed by atoms with Crippen molar-refractivity contribution < 1.29 is 18.7 Å². The second kappa shape index (κ2) is 7.49. The van der Waals surface area contributed by atoms with E-state index >= 15 is 0 Å². The maximum atomic E-state index is 12.5. The largest absolute Gasteiger partial charge is 0.472 e. The van der Waals surface area contributed by atoms with Crippen LogP contribution >= 0.6 is 0 Å². The van der Waals surface area contributed by atoms with E-state index in [1.54, 1.807) is 6.07 Å². The van der Waals surface area contributed by atoms with Crippen LogP contribution in [0.5, 0.6) is 0 Å². The normalized spacial score (nSPS) is 22.1. The van der Waals surface area contributed by atoms with Gasteiger partial charge in [-0.15, -0.1) is 0 Å². The lowest BCUT2D eigenvalue weighted by Crippen LogP contribution is -2.42. The number of furan rings is 1. The molecule has 2 N–H and O–H groups in total. The number of amides is 1. The molecule has 0 spiro atoms. The third kappa shape index (κ3) is 4.15. The molecule has 1 heterocycles. The van der Waals surface area contributed by atoms with Crippen molar-refractivity contribution in [1.82, 2.24) is 0 Å². The summed E-state index contributed by atoms with van der Waals surface area (Å²) in [6.45, 7) is 1.99. The van der Waals surface area contributed by atoms with E-state index < -0.39 is 11.6 Å². The fourth-order valence-electron chi connectivity index (χ4n) is 3.24. The van der Waals surface area contributed by atoms with Gasteiger partial charge >= 0.3 is 5.97 Å². The molecule has 1 amide bonds. The van der Waals surface area contributed by atoms with Crippen LogP contribution in [0.1, 0.15) is 47.2 Å². The number of aryl methyl sites for hydroxylation is 1. The Kier molecular flexibility index (Phi) is 5.13. The van der Waals surface area contributed by atoms with Gasteiger partial charge in [0.15, 0.2) is 5.60 Å². The third-order valence-corrected chi connectivity index (χ3v) is 4.61. The van der Waals surface area contributed by atoms with E-state index in [4.69, 9.17) is 14.9 Å². The van der Waals surface area contributed by atoms with Crippen LogP contribution in [0.25, 0.3) is 0 Å². The zero-order valence-electron chi connectivity index (χ0n) is 14.7. The Morgan fingerprint density at radius 2 is 2.19 bits per heavy atom. The van der Waals surface area contributed by atoms with Crippen LogP contribution in [0.2, 0.25) is 0 Å².